The van der Waals surface area contributed by atoms with Crippen LogP contribution in [0.2, 0.25) is 0 Å². The summed E-state index contributed by atoms with van der Waals surface area (Å²) in [6.45, 7) is 2.30. The van der Waals surface area contributed by atoms with Crippen LogP contribution in [0.25, 0.3) is 10.1 Å². The number of alkyl halides is 1. The van der Waals surface area contributed by atoms with Crippen LogP contribution in [0.1, 0.15) is 50.0 Å². The van der Waals surface area contributed by atoms with Gasteiger partial charge in [0, 0.05) is 4.70 Å². The van der Waals surface area contributed by atoms with Gasteiger partial charge in [-0.3, -0.25) is 0 Å². The molecule has 1 unspecified atom stereocenters. The van der Waals surface area contributed by atoms with Gasteiger partial charge in [0.25, 0.3) is 0 Å². The molecule has 1 atom stereocenters. The number of thiophene rings is 1. The molecule has 1 aliphatic rings. The first-order chi connectivity index (χ1) is 8.77. The number of rotatable bonds is 3. The summed E-state index contributed by atoms with van der Waals surface area (Å²) in [6, 6.07) is 8.64. The molecule has 1 heterocycles. The lowest BCUT2D eigenvalue weighted by atomic mass is 9.77. The van der Waals surface area contributed by atoms with Gasteiger partial charge >= 0.3 is 0 Å². The van der Waals surface area contributed by atoms with E-state index < -0.39 is 0 Å². The minimum Gasteiger partial charge on any atom is -0.143 e. The van der Waals surface area contributed by atoms with Crippen LogP contribution in [0.5, 0.6) is 0 Å². The van der Waals surface area contributed by atoms with Gasteiger partial charge in [-0.1, -0.05) is 38.0 Å². The minimum atomic E-state index is 0.182. The van der Waals surface area contributed by atoms with Crippen LogP contribution in [0, 0.1) is 5.41 Å². The van der Waals surface area contributed by atoms with Crippen molar-refractivity contribution in [1.82, 2.24) is 0 Å². The quantitative estimate of drug-likeness (QED) is 0.591. The molecule has 0 radical (unpaired) electrons. The first kappa shape index (κ1) is 12.5. The van der Waals surface area contributed by atoms with Gasteiger partial charge in [0.1, 0.15) is 0 Å². The first-order valence-corrected chi connectivity index (χ1v) is 8.19. The van der Waals surface area contributed by atoms with E-state index in [4.69, 9.17) is 11.6 Å². The van der Waals surface area contributed by atoms with Crippen molar-refractivity contribution in [3.8, 4) is 0 Å². The van der Waals surface area contributed by atoms with Crippen molar-refractivity contribution in [2.45, 2.75) is 44.4 Å². The molecule has 2 aromatic rings. The Kier molecular flexibility index (Phi) is 3.38. The molecule has 1 aromatic carbocycles. The summed E-state index contributed by atoms with van der Waals surface area (Å²) in [5.41, 5.74) is 1.70. The summed E-state index contributed by atoms with van der Waals surface area (Å²) in [5, 5.41) is 3.82. The molecular formula is C16H19ClS. The molecule has 0 N–H and O–H groups in total. The number of hydrogen-bond acceptors (Lipinski definition) is 1. The average molecular weight is 279 g/mol. The molecule has 18 heavy (non-hydrogen) atoms. The molecule has 0 amide bonds. The van der Waals surface area contributed by atoms with Crippen LogP contribution >= 0.6 is 22.9 Å². The lowest BCUT2D eigenvalue weighted by molar-refractivity contribution is 0.272. The van der Waals surface area contributed by atoms with Gasteiger partial charge in [0.15, 0.2) is 0 Å². The number of halogens is 1. The highest BCUT2D eigenvalue weighted by molar-refractivity contribution is 7.17. The fourth-order valence-corrected chi connectivity index (χ4v) is 5.00. The van der Waals surface area contributed by atoms with Gasteiger partial charge in [-0.25, -0.2) is 0 Å². The minimum absolute atomic E-state index is 0.182. The second-order valence-electron chi connectivity index (χ2n) is 5.47. The van der Waals surface area contributed by atoms with E-state index in [-0.39, 0.29) is 5.38 Å². The van der Waals surface area contributed by atoms with Crippen molar-refractivity contribution < 1.29 is 0 Å². The van der Waals surface area contributed by atoms with Crippen molar-refractivity contribution in [3.05, 3.63) is 35.2 Å². The second-order valence-corrected chi connectivity index (χ2v) is 6.82. The van der Waals surface area contributed by atoms with Crippen LogP contribution in [0.3, 0.4) is 0 Å². The van der Waals surface area contributed by atoms with Crippen LogP contribution in [-0.4, -0.2) is 0 Å². The zero-order chi connectivity index (χ0) is 12.6. The van der Waals surface area contributed by atoms with Gasteiger partial charge in [-0.2, -0.15) is 0 Å². The Bertz CT molecular complexity index is 537. The summed E-state index contributed by atoms with van der Waals surface area (Å²) >= 11 is 8.72. The molecular weight excluding hydrogens is 260 g/mol. The van der Waals surface area contributed by atoms with E-state index in [0.29, 0.717) is 5.41 Å². The van der Waals surface area contributed by atoms with Gasteiger partial charge in [0.05, 0.1) is 5.38 Å². The fourth-order valence-electron chi connectivity index (χ4n) is 3.39. The predicted molar refractivity (Wildman–Crippen MR) is 81.6 cm³/mol. The Morgan fingerprint density at radius 2 is 2.00 bits per heavy atom. The Labute approximate surface area is 118 Å². The molecule has 1 aliphatic carbocycles. The monoisotopic (exact) mass is 278 g/mol. The smallest absolute Gasteiger partial charge is 0.0655 e. The highest BCUT2D eigenvalue weighted by atomic mass is 35.5. The molecule has 0 aliphatic heterocycles. The average Bonchev–Trinajstić information content (AvgIpc) is 3.05. The third kappa shape index (κ3) is 1.88. The third-order valence-corrected chi connectivity index (χ3v) is 6.30. The largest absolute Gasteiger partial charge is 0.143 e. The van der Waals surface area contributed by atoms with Crippen LogP contribution in [-0.2, 0) is 0 Å². The lowest BCUT2D eigenvalue weighted by Gasteiger charge is -2.32. The normalized spacial score (nSPS) is 20.3. The zero-order valence-electron chi connectivity index (χ0n) is 10.8. The topological polar surface area (TPSA) is 0 Å². The van der Waals surface area contributed by atoms with Gasteiger partial charge < -0.3 is 0 Å². The molecule has 3 rings (SSSR count). The van der Waals surface area contributed by atoms with E-state index in [2.05, 4.69) is 36.6 Å². The Balaban J connectivity index is 2.03. The summed E-state index contributed by atoms with van der Waals surface area (Å²) in [7, 11) is 0. The maximum absolute atomic E-state index is 6.90. The molecule has 0 nitrogen and oxygen atoms in total. The molecule has 2 heteroatoms. The van der Waals surface area contributed by atoms with Crippen LogP contribution in [0.4, 0.5) is 0 Å². The van der Waals surface area contributed by atoms with E-state index in [1.54, 1.807) is 0 Å². The Hall–Kier alpha value is -0.530. The van der Waals surface area contributed by atoms with Gasteiger partial charge in [-0.05, 0) is 47.1 Å². The highest BCUT2D eigenvalue weighted by Crippen LogP contribution is 2.54. The Morgan fingerprint density at radius 1 is 1.28 bits per heavy atom. The van der Waals surface area contributed by atoms with Crippen LogP contribution < -0.4 is 0 Å². The standard InChI is InChI=1S/C16H19ClS/c1-2-16(9-5-6-10-16)15(17)13-11-18-14-8-4-3-7-12(13)14/h3-4,7-8,11,15H,2,5-6,9-10H2,1H3. The lowest BCUT2D eigenvalue weighted by Crippen LogP contribution is -2.21. The summed E-state index contributed by atoms with van der Waals surface area (Å²) in [4.78, 5) is 0. The molecule has 96 valence electrons. The van der Waals surface area contributed by atoms with Gasteiger partial charge in [-0.15, -0.1) is 22.9 Å². The predicted octanol–water partition coefficient (Wildman–Crippen LogP) is 6.15. The van der Waals surface area contributed by atoms with Gasteiger partial charge in [0.2, 0.25) is 0 Å². The SMILES string of the molecule is CCC1(C(Cl)c2csc3ccccc23)CCCC1. The third-order valence-electron chi connectivity index (χ3n) is 4.63. The maximum atomic E-state index is 6.90. The molecule has 0 bridgehead atoms. The fraction of sp³-hybridized carbons (Fsp3) is 0.500. The van der Waals surface area contributed by atoms with E-state index in [1.807, 2.05) is 11.3 Å². The summed E-state index contributed by atoms with van der Waals surface area (Å²) < 4.78 is 1.36. The molecule has 0 spiro atoms. The molecule has 0 saturated heterocycles. The summed E-state index contributed by atoms with van der Waals surface area (Å²) in [5.74, 6) is 0. The number of benzene rings is 1. The van der Waals surface area contributed by atoms with Crippen molar-refractivity contribution in [3.63, 3.8) is 0 Å². The highest BCUT2D eigenvalue weighted by Gasteiger charge is 2.40. The maximum Gasteiger partial charge on any atom is 0.0655 e. The molecule has 1 fully saturated rings. The van der Waals surface area contributed by atoms with E-state index in [1.165, 1.54) is 47.8 Å². The molecule has 1 saturated carbocycles. The van der Waals surface area contributed by atoms with E-state index >= 15 is 0 Å². The van der Waals surface area contributed by atoms with Crippen molar-refractivity contribution in [1.29, 1.82) is 0 Å². The van der Waals surface area contributed by atoms with Crippen LogP contribution in [0.15, 0.2) is 29.6 Å². The second kappa shape index (κ2) is 4.86. The Morgan fingerprint density at radius 3 is 2.72 bits per heavy atom. The summed E-state index contributed by atoms with van der Waals surface area (Å²) in [6.07, 6.45) is 6.48. The van der Waals surface area contributed by atoms with E-state index in [9.17, 15) is 0 Å². The number of hydrogen-bond donors (Lipinski definition) is 0. The van der Waals surface area contributed by atoms with E-state index in [0.717, 1.165) is 0 Å². The molecule has 1 aromatic heterocycles. The zero-order valence-corrected chi connectivity index (χ0v) is 12.4. The van der Waals surface area contributed by atoms with Crippen molar-refractivity contribution in [2.24, 2.45) is 5.41 Å². The van der Waals surface area contributed by atoms with Crippen molar-refractivity contribution >= 4 is 33.0 Å². The van der Waals surface area contributed by atoms with Crippen molar-refractivity contribution in [2.75, 3.05) is 0 Å². The first-order valence-electron chi connectivity index (χ1n) is 6.87. The number of fused-ring (bicyclic) bond motifs is 1.